The zero-order valence-electron chi connectivity index (χ0n) is 47.0. The monoisotopic (exact) mass is 1060 g/mol. The summed E-state index contributed by atoms with van der Waals surface area (Å²) in [5.74, 6) is -2.54. The number of nitrogens with one attached hydrogen (secondary N) is 1. The molecule has 3 saturated heterocycles. The van der Waals surface area contributed by atoms with Crippen molar-refractivity contribution in [1.29, 1.82) is 0 Å². The van der Waals surface area contributed by atoms with Crippen molar-refractivity contribution >= 4 is 5.97 Å². The Morgan fingerprint density at radius 3 is 2.29 bits per heavy atom. The SMILES string of the molecule is CC[C@H]1OC(=O)[C@H](C)[C@@H](O[C@H]2C[C@@](C)(OC)[C@@H](O)[C@H](C)O2)[C@H](C)[C@@H](O[C@H]2C[C@@H](N(C)CCC3=CN([C@H](CF)Cc4ccc(-n5cc(CO)nn5)cc4)NN3C)C[C@@H](C)O2)[C@](C)(O)C[C@@H](C)CN(C)[C@H](C)[C@@H](O)[C@]1(C)O. The highest BCUT2D eigenvalue weighted by Gasteiger charge is 2.52. The molecule has 0 radical (unpaired) electrons. The van der Waals surface area contributed by atoms with Crippen LogP contribution < -0.4 is 5.53 Å². The molecular weight excluding hydrogens is 972 g/mol. The van der Waals surface area contributed by atoms with E-state index in [1.165, 1.54) is 14.0 Å². The average molecular weight is 1060 g/mol. The number of likely N-dealkylation sites (N-methyl/N-ethyl adjacent to an activating group) is 1. The summed E-state index contributed by atoms with van der Waals surface area (Å²) in [6.45, 7) is 18.3. The number of carbonyl (C=O) groups is 1. The van der Waals surface area contributed by atoms with Crippen molar-refractivity contribution in [2.24, 2.45) is 17.8 Å². The molecule has 20 nitrogen and oxygen atoms in total. The molecule has 21 heteroatoms. The number of aromatic nitrogens is 3. The Bertz CT molecular complexity index is 2160. The van der Waals surface area contributed by atoms with Crippen LogP contribution in [0.25, 0.3) is 5.69 Å². The fourth-order valence-corrected chi connectivity index (χ4v) is 11.8. The molecule has 6 N–H and O–H groups in total. The van der Waals surface area contributed by atoms with Gasteiger partial charge in [0.05, 0.1) is 66.1 Å². The van der Waals surface area contributed by atoms with Crippen molar-refractivity contribution in [1.82, 2.24) is 40.3 Å². The summed E-state index contributed by atoms with van der Waals surface area (Å²) in [7, 11) is 7.38. The van der Waals surface area contributed by atoms with Crippen molar-refractivity contribution in [3.8, 4) is 5.69 Å². The topological polar surface area (TPSA) is 229 Å². The van der Waals surface area contributed by atoms with Gasteiger partial charge in [0.2, 0.25) is 0 Å². The molecule has 426 valence electrons. The Morgan fingerprint density at radius 1 is 0.973 bits per heavy atom. The normalized spacial score (nSPS) is 38.5. The summed E-state index contributed by atoms with van der Waals surface area (Å²) in [5.41, 5.74) is 2.12. The van der Waals surface area contributed by atoms with E-state index in [4.69, 9.17) is 28.4 Å². The molecule has 0 unspecified atom stereocenters. The summed E-state index contributed by atoms with van der Waals surface area (Å²) in [4.78, 5) is 18.8. The van der Waals surface area contributed by atoms with Crippen molar-refractivity contribution < 1.29 is 63.1 Å². The quantitative estimate of drug-likeness (QED) is 0.131. The number of ether oxygens (including phenoxy) is 6. The molecule has 4 aliphatic rings. The van der Waals surface area contributed by atoms with Gasteiger partial charge in [-0.15, -0.1) is 10.6 Å². The number of aliphatic hydroxyl groups is 5. The van der Waals surface area contributed by atoms with Crippen LogP contribution in [0.4, 0.5) is 4.39 Å². The first kappa shape index (κ1) is 60.8. The first-order valence-electron chi connectivity index (χ1n) is 27.0. The van der Waals surface area contributed by atoms with Gasteiger partial charge in [0.1, 0.15) is 36.3 Å². The minimum atomic E-state index is -1.82. The number of hydrogen-bond acceptors (Lipinski definition) is 19. The van der Waals surface area contributed by atoms with E-state index in [2.05, 4.69) is 27.8 Å². The Balaban J connectivity index is 1.21. The van der Waals surface area contributed by atoms with Gasteiger partial charge >= 0.3 is 5.97 Å². The number of hydrazine groups is 2. The largest absolute Gasteiger partial charge is 0.459 e. The Hall–Kier alpha value is -3.42. The van der Waals surface area contributed by atoms with Crippen molar-refractivity contribution in [2.75, 3.05) is 48.0 Å². The Morgan fingerprint density at radius 2 is 1.67 bits per heavy atom. The van der Waals surface area contributed by atoms with Crippen LogP contribution in [0.2, 0.25) is 0 Å². The van der Waals surface area contributed by atoms with Gasteiger partial charge < -0.3 is 63.8 Å². The molecule has 0 spiro atoms. The zero-order chi connectivity index (χ0) is 55.3. The maximum atomic E-state index is 14.7. The number of aliphatic hydroxyl groups excluding tert-OH is 3. The number of methoxy groups -OCH3 is 1. The van der Waals surface area contributed by atoms with Crippen LogP contribution in [0.5, 0.6) is 0 Å². The van der Waals surface area contributed by atoms with Crippen LogP contribution in [0.3, 0.4) is 0 Å². The van der Waals surface area contributed by atoms with Gasteiger partial charge in [-0.1, -0.05) is 38.1 Å². The third kappa shape index (κ3) is 14.4. The lowest BCUT2D eigenvalue weighted by Gasteiger charge is -2.48. The molecule has 6 rings (SSSR count). The number of benzene rings is 1. The summed E-state index contributed by atoms with van der Waals surface area (Å²) >= 11 is 0. The van der Waals surface area contributed by atoms with E-state index in [-0.39, 0.29) is 43.9 Å². The maximum absolute atomic E-state index is 14.7. The number of esters is 1. The Labute approximate surface area is 444 Å². The average Bonchev–Trinajstić information content (AvgIpc) is 4.01. The van der Waals surface area contributed by atoms with E-state index >= 15 is 0 Å². The third-order valence-electron chi connectivity index (χ3n) is 16.7. The van der Waals surface area contributed by atoms with Crippen LogP contribution in [-0.2, 0) is 46.2 Å². The number of alkyl halides is 1. The molecule has 75 heavy (non-hydrogen) atoms. The van der Waals surface area contributed by atoms with Crippen LogP contribution in [0.15, 0.2) is 42.4 Å². The van der Waals surface area contributed by atoms with E-state index in [1.54, 1.807) is 45.5 Å². The summed E-state index contributed by atoms with van der Waals surface area (Å²) < 4.78 is 55.1. The number of halogens is 1. The predicted molar refractivity (Wildman–Crippen MR) is 278 cm³/mol. The molecule has 0 bridgehead atoms. The highest BCUT2D eigenvalue weighted by Crippen LogP contribution is 2.40. The van der Waals surface area contributed by atoms with Crippen molar-refractivity contribution in [2.45, 2.75) is 211 Å². The smallest absolute Gasteiger partial charge is 0.311 e. The molecule has 1 aromatic carbocycles. The van der Waals surface area contributed by atoms with Gasteiger partial charge in [0.15, 0.2) is 12.6 Å². The lowest BCUT2D eigenvalue weighted by Crippen LogP contribution is -2.59. The molecule has 1 aromatic heterocycles. The lowest BCUT2D eigenvalue weighted by atomic mass is 9.77. The molecule has 0 saturated carbocycles. The fourth-order valence-electron chi connectivity index (χ4n) is 11.8. The fraction of sp³-hybridized carbons (Fsp3) is 0.796. The number of rotatable bonds is 16. The van der Waals surface area contributed by atoms with E-state index in [1.807, 2.05) is 87.2 Å². The lowest BCUT2D eigenvalue weighted by molar-refractivity contribution is -0.308. The standard InChI is InChI=1S/C54H91FN8O12/c1-15-44-54(10,69)48(65)36(6)60(12)28-32(2)25-52(8,68)50(34(4)47(35(5)51(67)73-44)74-46-26-53(9,70-14)49(66)37(7)72-46)75-45-24-42(22-33(3)71-45)59(11)21-20-41-30-63(58-61(41)13)43(27-55)23-38-16-18-40(19-17-38)62-29-39(31-64)56-57-62/h16-19,29-30,32-37,42-50,58,64-66,68-69H,15,20-28,31H2,1-14H3/t32-,33-,34+,35-,36-,37+,42+,43+,44-,45+,46+,47+,48-,49+,50-,52-,53-,54-/m1/s1. The second-order valence-electron chi connectivity index (χ2n) is 23.0. The first-order valence-corrected chi connectivity index (χ1v) is 27.0. The highest BCUT2D eigenvalue weighted by atomic mass is 19.1. The number of hydrogen-bond donors (Lipinski definition) is 6. The van der Waals surface area contributed by atoms with Gasteiger partial charge in [-0.25, -0.2) is 9.07 Å². The number of carbonyl (C=O) groups excluding carboxylic acids is 1. The highest BCUT2D eigenvalue weighted by molar-refractivity contribution is 5.73. The Kier molecular flexibility index (Phi) is 20.7. The van der Waals surface area contributed by atoms with Gasteiger partial charge in [0, 0.05) is 76.4 Å². The van der Waals surface area contributed by atoms with E-state index < -0.39 is 103 Å². The molecule has 0 amide bonds. The molecule has 18 atom stereocenters. The second-order valence-corrected chi connectivity index (χ2v) is 23.0. The van der Waals surface area contributed by atoms with Crippen LogP contribution in [-0.4, -0.2) is 205 Å². The molecule has 2 aromatic rings. The second kappa shape index (κ2) is 25.6. The van der Waals surface area contributed by atoms with Gasteiger partial charge in [-0.3, -0.25) is 14.8 Å². The minimum absolute atomic E-state index is 0.0161. The van der Waals surface area contributed by atoms with Gasteiger partial charge in [-0.2, -0.15) is 0 Å². The van der Waals surface area contributed by atoms with E-state index in [0.717, 1.165) is 23.4 Å². The molecule has 5 heterocycles. The summed E-state index contributed by atoms with van der Waals surface area (Å²) in [6, 6.07) is 6.67. The molecule has 3 fully saturated rings. The van der Waals surface area contributed by atoms with Crippen LogP contribution in [0, 0.1) is 17.8 Å². The van der Waals surface area contributed by atoms with Crippen LogP contribution >= 0.6 is 0 Å². The van der Waals surface area contributed by atoms with Crippen molar-refractivity contribution in [3.05, 3.63) is 53.6 Å². The summed E-state index contributed by atoms with van der Waals surface area (Å²) in [6.07, 6.45) is -1.39. The molecule has 4 aliphatic heterocycles. The van der Waals surface area contributed by atoms with E-state index in [0.29, 0.717) is 38.0 Å². The number of nitrogens with zero attached hydrogens (tertiary/aromatic N) is 7. The number of cyclic esters (lactones) is 1. The minimum Gasteiger partial charge on any atom is -0.459 e. The summed E-state index contributed by atoms with van der Waals surface area (Å²) in [5, 5.41) is 68.7. The zero-order valence-corrected chi connectivity index (χ0v) is 47.0. The molecule has 0 aliphatic carbocycles. The van der Waals surface area contributed by atoms with Crippen molar-refractivity contribution in [3.63, 3.8) is 0 Å². The molecular formula is C54H91FN8O12. The predicted octanol–water partition coefficient (Wildman–Crippen LogP) is 3.85. The van der Waals surface area contributed by atoms with E-state index in [9.17, 15) is 34.7 Å². The maximum Gasteiger partial charge on any atom is 0.311 e. The van der Waals surface area contributed by atoms with Crippen LogP contribution in [0.1, 0.15) is 119 Å². The van der Waals surface area contributed by atoms with Gasteiger partial charge in [0.25, 0.3) is 0 Å². The third-order valence-corrected chi connectivity index (χ3v) is 16.7. The van der Waals surface area contributed by atoms with Gasteiger partial charge in [-0.05, 0) is 112 Å². The first-order chi connectivity index (χ1) is 35.2.